The molecule has 4 heteroatoms. The highest BCUT2D eigenvalue weighted by Gasteiger charge is 2.14. The van der Waals surface area contributed by atoms with E-state index in [0.717, 1.165) is 6.42 Å². The largest absolute Gasteiger partial charge is 0.215 e. The van der Waals surface area contributed by atoms with Crippen molar-refractivity contribution in [3.63, 3.8) is 0 Å². The molecular formula is C15H25NO2S. The first-order valence-electron chi connectivity index (χ1n) is 6.73. The molecule has 1 aromatic carbocycles. The molecule has 0 aromatic heterocycles. The molecule has 0 amide bonds. The lowest BCUT2D eigenvalue weighted by atomic mass is 9.85. The van der Waals surface area contributed by atoms with Crippen LogP contribution in [0, 0.1) is 6.92 Å². The molecule has 0 aliphatic rings. The molecule has 0 aliphatic heterocycles. The van der Waals surface area contributed by atoms with Crippen LogP contribution in [0.1, 0.15) is 44.4 Å². The van der Waals surface area contributed by atoms with E-state index < -0.39 is 10.0 Å². The van der Waals surface area contributed by atoms with Crippen molar-refractivity contribution in [2.45, 2.75) is 46.5 Å². The average Bonchev–Trinajstić information content (AvgIpc) is 2.30. The van der Waals surface area contributed by atoms with Crippen molar-refractivity contribution < 1.29 is 8.42 Å². The second-order valence-corrected chi connectivity index (χ2v) is 8.03. The Morgan fingerprint density at radius 2 is 1.84 bits per heavy atom. The quantitative estimate of drug-likeness (QED) is 0.903. The molecule has 1 N–H and O–H groups in total. The second kappa shape index (κ2) is 6.06. The highest BCUT2D eigenvalue weighted by molar-refractivity contribution is 7.89. The van der Waals surface area contributed by atoms with Gasteiger partial charge in [-0.2, -0.15) is 0 Å². The van der Waals surface area contributed by atoms with E-state index in [1.54, 1.807) is 6.92 Å². The SMILES string of the molecule is CCS(=O)(=O)NCCc1cc(C(C)(C)C)ccc1C. The van der Waals surface area contributed by atoms with E-state index in [4.69, 9.17) is 0 Å². The standard InChI is InChI=1S/C15H25NO2S/c1-6-19(17,18)16-10-9-13-11-14(15(3,4)5)8-7-12(13)2/h7-8,11,16H,6,9-10H2,1-5H3. The van der Waals surface area contributed by atoms with Crippen LogP contribution in [0.5, 0.6) is 0 Å². The van der Waals surface area contributed by atoms with Crippen LogP contribution in [-0.4, -0.2) is 20.7 Å². The van der Waals surface area contributed by atoms with Gasteiger partial charge in [0.25, 0.3) is 0 Å². The van der Waals surface area contributed by atoms with Crippen LogP contribution in [0.25, 0.3) is 0 Å². The van der Waals surface area contributed by atoms with Crippen molar-refractivity contribution >= 4 is 10.0 Å². The molecule has 0 saturated heterocycles. The molecule has 1 aromatic rings. The zero-order chi connectivity index (χ0) is 14.7. The summed E-state index contributed by atoms with van der Waals surface area (Å²) in [6.45, 7) is 10.7. The van der Waals surface area contributed by atoms with Crippen LogP contribution in [0.4, 0.5) is 0 Å². The average molecular weight is 283 g/mol. The first-order chi connectivity index (χ1) is 8.65. The Bertz CT molecular complexity index is 528. The number of rotatable bonds is 5. The van der Waals surface area contributed by atoms with Gasteiger partial charge in [0.05, 0.1) is 5.75 Å². The van der Waals surface area contributed by atoms with E-state index in [2.05, 4.69) is 50.6 Å². The van der Waals surface area contributed by atoms with Crippen molar-refractivity contribution in [1.29, 1.82) is 0 Å². The summed E-state index contributed by atoms with van der Waals surface area (Å²) in [7, 11) is -3.09. The number of nitrogens with one attached hydrogen (secondary N) is 1. The number of hydrogen-bond donors (Lipinski definition) is 1. The molecule has 0 heterocycles. The zero-order valence-electron chi connectivity index (χ0n) is 12.6. The number of hydrogen-bond acceptors (Lipinski definition) is 2. The van der Waals surface area contributed by atoms with Gasteiger partial charge in [-0.15, -0.1) is 0 Å². The van der Waals surface area contributed by atoms with E-state index in [-0.39, 0.29) is 11.2 Å². The maximum Gasteiger partial charge on any atom is 0.211 e. The summed E-state index contributed by atoms with van der Waals surface area (Å²) in [6.07, 6.45) is 0.731. The van der Waals surface area contributed by atoms with Gasteiger partial charge in [-0.05, 0) is 42.4 Å². The Labute approximate surface area is 117 Å². The first kappa shape index (κ1) is 16.2. The van der Waals surface area contributed by atoms with Gasteiger partial charge < -0.3 is 0 Å². The van der Waals surface area contributed by atoms with Crippen LogP contribution in [0.3, 0.4) is 0 Å². The molecular weight excluding hydrogens is 258 g/mol. The summed E-state index contributed by atoms with van der Waals surface area (Å²) in [6, 6.07) is 6.45. The lowest BCUT2D eigenvalue weighted by Crippen LogP contribution is -2.27. The van der Waals surface area contributed by atoms with Gasteiger partial charge in [0.15, 0.2) is 0 Å². The Morgan fingerprint density at radius 1 is 1.21 bits per heavy atom. The van der Waals surface area contributed by atoms with Crippen molar-refractivity contribution in [2.24, 2.45) is 0 Å². The van der Waals surface area contributed by atoms with Crippen LogP contribution in [-0.2, 0) is 21.9 Å². The van der Waals surface area contributed by atoms with E-state index in [9.17, 15) is 8.42 Å². The van der Waals surface area contributed by atoms with Crippen molar-refractivity contribution in [2.75, 3.05) is 12.3 Å². The zero-order valence-corrected chi connectivity index (χ0v) is 13.4. The van der Waals surface area contributed by atoms with Crippen LogP contribution in [0.15, 0.2) is 18.2 Å². The van der Waals surface area contributed by atoms with Gasteiger partial charge >= 0.3 is 0 Å². The lowest BCUT2D eigenvalue weighted by molar-refractivity contribution is 0.581. The van der Waals surface area contributed by atoms with E-state index in [1.165, 1.54) is 16.7 Å². The third-order valence-electron chi connectivity index (χ3n) is 3.31. The Balaban J connectivity index is 2.79. The summed E-state index contributed by atoms with van der Waals surface area (Å²) >= 11 is 0. The van der Waals surface area contributed by atoms with Crippen LogP contribution in [0.2, 0.25) is 0 Å². The van der Waals surface area contributed by atoms with Gasteiger partial charge in [0.1, 0.15) is 0 Å². The molecule has 3 nitrogen and oxygen atoms in total. The van der Waals surface area contributed by atoms with E-state index in [1.807, 2.05) is 0 Å². The summed E-state index contributed by atoms with van der Waals surface area (Å²) in [5.41, 5.74) is 3.83. The highest BCUT2D eigenvalue weighted by atomic mass is 32.2. The first-order valence-corrected chi connectivity index (χ1v) is 8.38. The molecule has 0 aliphatic carbocycles. The molecule has 1 rings (SSSR count). The monoisotopic (exact) mass is 283 g/mol. The molecule has 0 saturated carbocycles. The minimum Gasteiger partial charge on any atom is -0.215 e. The van der Waals surface area contributed by atoms with E-state index in [0.29, 0.717) is 6.54 Å². The number of benzene rings is 1. The molecule has 0 atom stereocenters. The van der Waals surface area contributed by atoms with Gasteiger partial charge in [-0.25, -0.2) is 13.1 Å². The predicted octanol–water partition coefficient (Wildman–Crippen LogP) is 2.77. The minimum atomic E-state index is -3.09. The third-order valence-corrected chi connectivity index (χ3v) is 4.72. The molecule has 0 unspecified atom stereocenters. The van der Waals surface area contributed by atoms with Gasteiger partial charge in [-0.3, -0.25) is 0 Å². The third kappa shape index (κ3) is 4.96. The molecule has 0 spiro atoms. The summed E-state index contributed by atoms with van der Waals surface area (Å²) < 4.78 is 25.4. The van der Waals surface area contributed by atoms with Crippen molar-refractivity contribution in [3.05, 3.63) is 34.9 Å². The van der Waals surface area contributed by atoms with Gasteiger partial charge in [0, 0.05) is 6.54 Å². The number of aryl methyl sites for hydroxylation is 1. The van der Waals surface area contributed by atoms with Gasteiger partial charge in [0.2, 0.25) is 10.0 Å². The predicted molar refractivity (Wildman–Crippen MR) is 81.0 cm³/mol. The van der Waals surface area contributed by atoms with Crippen LogP contribution < -0.4 is 4.72 Å². The van der Waals surface area contributed by atoms with Gasteiger partial charge in [-0.1, -0.05) is 39.0 Å². The molecule has 0 radical (unpaired) electrons. The Kier molecular flexibility index (Phi) is 5.16. The Morgan fingerprint density at radius 3 is 2.37 bits per heavy atom. The Hall–Kier alpha value is -0.870. The molecule has 19 heavy (non-hydrogen) atoms. The lowest BCUT2D eigenvalue weighted by Gasteiger charge is -2.21. The number of sulfonamides is 1. The normalized spacial score (nSPS) is 12.7. The topological polar surface area (TPSA) is 46.2 Å². The summed E-state index contributed by atoms with van der Waals surface area (Å²) in [5.74, 6) is 0.133. The fourth-order valence-corrected chi connectivity index (χ4v) is 2.47. The second-order valence-electron chi connectivity index (χ2n) is 5.94. The van der Waals surface area contributed by atoms with Crippen molar-refractivity contribution in [3.8, 4) is 0 Å². The van der Waals surface area contributed by atoms with E-state index >= 15 is 0 Å². The fraction of sp³-hybridized carbons (Fsp3) is 0.600. The van der Waals surface area contributed by atoms with Crippen molar-refractivity contribution in [1.82, 2.24) is 4.72 Å². The molecule has 0 bridgehead atoms. The smallest absolute Gasteiger partial charge is 0.211 e. The molecule has 0 fully saturated rings. The molecule has 108 valence electrons. The maximum atomic E-state index is 11.4. The maximum absolute atomic E-state index is 11.4. The van der Waals surface area contributed by atoms with Crippen LogP contribution >= 0.6 is 0 Å². The highest BCUT2D eigenvalue weighted by Crippen LogP contribution is 2.24. The summed E-state index contributed by atoms with van der Waals surface area (Å²) in [4.78, 5) is 0. The minimum absolute atomic E-state index is 0.116. The summed E-state index contributed by atoms with van der Waals surface area (Å²) in [5, 5.41) is 0. The fourth-order valence-electron chi connectivity index (χ4n) is 1.85.